The van der Waals surface area contributed by atoms with E-state index in [2.05, 4.69) is 10.3 Å². The largest absolute Gasteiger partial charge is 0.457 e. The number of benzene rings is 3. The normalized spacial score (nSPS) is 11.2. The molecule has 0 atom stereocenters. The van der Waals surface area contributed by atoms with Crippen LogP contribution in [0.25, 0.3) is 40.0 Å². The van der Waals surface area contributed by atoms with Crippen LogP contribution in [0.1, 0.15) is 5.76 Å². The summed E-state index contributed by atoms with van der Waals surface area (Å²) in [4.78, 5) is 16.9. The number of carbonyl (C=O) groups is 1. The van der Waals surface area contributed by atoms with Crippen LogP contribution in [0.3, 0.4) is 0 Å². The van der Waals surface area contributed by atoms with Crippen LogP contribution in [-0.4, -0.2) is 10.9 Å². The molecule has 1 amide bonds. The summed E-state index contributed by atoms with van der Waals surface area (Å²) in [7, 11) is 0. The molecular formula is C26H18N2O3. The third-order valence-electron chi connectivity index (χ3n) is 4.76. The zero-order chi connectivity index (χ0) is 21.0. The van der Waals surface area contributed by atoms with Crippen molar-refractivity contribution in [2.75, 3.05) is 5.32 Å². The number of anilines is 1. The summed E-state index contributed by atoms with van der Waals surface area (Å²) in [5.74, 6) is 1.65. The van der Waals surface area contributed by atoms with Gasteiger partial charge in [-0.05, 0) is 48.5 Å². The van der Waals surface area contributed by atoms with Gasteiger partial charge in [0.25, 0.3) is 0 Å². The van der Waals surface area contributed by atoms with Gasteiger partial charge in [0, 0.05) is 22.9 Å². The maximum Gasteiger partial charge on any atom is 0.248 e. The van der Waals surface area contributed by atoms with Crippen molar-refractivity contribution in [2.24, 2.45) is 0 Å². The third-order valence-corrected chi connectivity index (χ3v) is 4.76. The van der Waals surface area contributed by atoms with Gasteiger partial charge in [0.05, 0.1) is 0 Å². The molecule has 0 aliphatic carbocycles. The fourth-order valence-electron chi connectivity index (χ4n) is 3.25. The summed E-state index contributed by atoms with van der Waals surface area (Å²) in [5, 5.41) is 2.84. The van der Waals surface area contributed by atoms with E-state index in [1.54, 1.807) is 24.3 Å². The minimum atomic E-state index is -0.260. The summed E-state index contributed by atoms with van der Waals surface area (Å²) in [5.41, 5.74) is 3.87. The van der Waals surface area contributed by atoms with Crippen LogP contribution in [0.2, 0.25) is 0 Å². The zero-order valence-corrected chi connectivity index (χ0v) is 16.5. The Labute approximate surface area is 178 Å². The molecule has 5 nitrogen and oxygen atoms in total. The molecule has 0 saturated carbocycles. The van der Waals surface area contributed by atoms with Crippen LogP contribution in [0.15, 0.2) is 106 Å². The van der Waals surface area contributed by atoms with Gasteiger partial charge in [-0.25, -0.2) is 4.98 Å². The number of furan rings is 1. The molecule has 2 aromatic heterocycles. The maximum atomic E-state index is 12.3. The number of amides is 1. The van der Waals surface area contributed by atoms with E-state index in [1.807, 2.05) is 72.8 Å². The molecule has 0 spiro atoms. The quantitative estimate of drug-likeness (QED) is 0.343. The standard InChI is InChI=1S/C26H18N2O3/c29-25(16-13-21-12-15-23(30-21)18-7-3-1-4-8-18)27-20-11-14-24-22(17-20)28-26(31-24)19-9-5-2-6-10-19/h1-17H,(H,27,29)/b16-13+. The lowest BCUT2D eigenvalue weighted by Gasteiger charge is -2.00. The summed E-state index contributed by atoms with van der Waals surface area (Å²) >= 11 is 0. The molecule has 3 aromatic carbocycles. The van der Waals surface area contributed by atoms with Crippen LogP contribution in [0.4, 0.5) is 5.69 Å². The number of hydrogen-bond acceptors (Lipinski definition) is 4. The number of rotatable bonds is 5. The number of carbonyl (C=O) groups excluding carboxylic acids is 1. The topological polar surface area (TPSA) is 68.3 Å². The van der Waals surface area contributed by atoms with E-state index in [0.29, 0.717) is 28.4 Å². The molecule has 2 heterocycles. The number of oxazole rings is 1. The van der Waals surface area contributed by atoms with Crippen molar-refractivity contribution in [3.05, 3.63) is 103 Å². The molecule has 0 unspecified atom stereocenters. The Morgan fingerprint density at radius 2 is 1.55 bits per heavy atom. The first kappa shape index (κ1) is 18.6. The van der Waals surface area contributed by atoms with Crippen molar-refractivity contribution in [1.82, 2.24) is 4.98 Å². The Morgan fingerprint density at radius 1 is 0.806 bits per heavy atom. The molecule has 0 saturated heterocycles. The molecule has 0 bridgehead atoms. The van der Waals surface area contributed by atoms with E-state index in [1.165, 1.54) is 6.08 Å². The average molecular weight is 406 g/mol. The molecule has 0 aliphatic rings. The Kier molecular flexibility index (Phi) is 4.91. The molecule has 150 valence electrons. The van der Waals surface area contributed by atoms with Crippen molar-refractivity contribution in [3.63, 3.8) is 0 Å². The monoisotopic (exact) mass is 406 g/mol. The molecule has 5 aromatic rings. The highest BCUT2D eigenvalue weighted by atomic mass is 16.3. The summed E-state index contributed by atoms with van der Waals surface area (Å²) in [6.07, 6.45) is 3.08. The molecule has 0 radical (unpaired) electrons. The van der Waals surface area contributed by atoms with Crippen LogP contribution >= 0.6 is 0 Å². The van der Waals surface area contributed by atoms with Gasteiger partial charge in [-0.1, -0.05) is 48.5 Å². The zero-order valence-electron chi connectivity index (χ0n) is 16.5. The Balaban J connectivity index is 1.28. The maximum absolute atomic E-state index is 12.3. The minimum absolute atomic E-state index is 0.260. The fourth-order valence-corrected chi connectivity index (χ4v) is 3.25. The van der Waals surface area contributed by atoms with Gasteiger partial charge in [-0.3, -0.25) is 4.79 Å². The average Bonchev–Trinajstić information content (AvgIpc) is 3.46. The van der Waals surface area contributed by atoms with Gasteiger partial charge in [0.1, 0.15) is 17.0 Å². The first-order chi connectivity index (χ1) is 15.2. The van der Waals surface area contributed by atoms with Crippen molar-refractivity contribution in [2.45, 2.75) is 0 Å². The van der Waals surface area contributed by atoms with Crippen LogP contribution in [0, 0.1) is 0 Å². The molecule has 0 fully saturated rings. The van der Waals surface area contributed by atoms with E-state index < -0.39 is 0 Å². The van der Waals surface area contributed by atoms with Gasteiger partial charge in [-0.15, -0.1) is 0 Å². The highest BCUT2D eigenvalue weighted by molar-refractivity contribution is 6.02. The molecule has 1 N–H and O–H groups in total. The molecule has 0 aliphatic heterocycles. The van der Waals surface area contributed by atoms with Crippen LogP contribution in [0.5, 0.6) is 0 Å². The summed E-state index contributed by atoms with van der Waals surface area (Å²) in [6, 6.07) is 28.6. The number of nitrogens with one attached hydrogen (secondary N) is 1. The van der Waals surface area contributed by atoms with Gasteiger partial charge >= 0.3 is 0 Å². The minimum Gasteiger partial charge on any atom is -0.457 e. The number of fused-ring (bicyclic) bond motifs is 1. The second kappa shape index (κ2) is 8.16. The van der Waals surface area contributed by atoms with Gasteiger partial charge in [-0.2, -0.15) is 0 Å². The van der Waals surface area contributed by atoms with E-state index in [-0.39, 0.29) is 5.91 Å². The first-order valence-corrected chi connectivity index (χ1v) is 9.85. The molecule has 31 heavy (non-hydrogen) atoms. The molecular weight excluding hydrogens is 388 g/mol. The van der Waals surface area contributed by atoms with E-state index in [4.69, 9.17) is 8.83 Å². The summed E-state index contributed by atoms with van der Waals surface area (Å²) < 4.78 is 11.6. The van der Waals surface area contributed by atoms with Crippen molar-refractivity contribution >= 4 is 28.8 Å². The molecule has 5 rings (SSSR count). The predicted octanol–water partition coefficient (Wildman–Crippen LogP) is 6.41. The smallest absolute Gasteiger partial charge is 0.248 e. The first-order valence-electron chi connectivity index (χ1n) is 9.85. The predicted molar refractivity (Wildman–Crippen MR) is 121 cm³/mol. The number of hydrogen-bond donors (Lipinski definition) is 1. The van der Waals surface area contributed by atoms with Crippen molar-refractivity contribution < 1.29 is 13.6 Å². The lowest BCUT2D eigenvalue weighted by Crippen LogP contribution is -2.07. The van der Waals surface area contributed by atoms with E-state index >= 15 is 0 Å². The highest BCUT2D eigenvalue weighted by Gasteiger charge is 2.09. The number of nitrogens with zero attached hydrogens (tertiary/aromatic N) is 1. The second-order valence-corrected chi connectivity index (χ2v) is 6.96. The van der Waals surface area contributed by atoms with Crippen LogP contribution < -0.4 is 5.32 Å². The van der Waals surface area contributed by atoms with Crippen molar-refractivity contribution in [1.29, 1.82) is 0 Å². The Hall–Kier alpha value is -4.38. The van der Waals surface area contributed by atoms with Gasteiger partial charge in [0.2, 0.25) is 11.8 Å². The Bertz CT molecular complexity index is 1370. The fraction of sp³-hybridized carbons (Fsp3) is 0. The lowest BCUT2D eigenvalue weighted by atomic mass is 10.2. The van der Waals surface area contributed by atoms with Crippen LogP contribution in [-0.2, 0) is 4.79 Å². The van der Waals surface area contributed by atoms with Gasteiger partial charge in [0.15, 0.2) is 5.58 Å². The Morgan fingerprint density at radius 3 is 2.32 bits per heavy atom. The number of aromatic nitrogens is 1. The van der Waals surface area contributed by atoms with E-state index in [0.717, 1.165) is 16.9 Å². The van der Waals surface area contributed by atoms with E-state index in [9.17, 15) is 4.79 Å². The highest BCUT2D eigenvalue weighted by Crippen LogP contribution is 2.26. The SMILES string of the molecule is O=C(/C=C/c1ccc(-c2ccccc2)o1)Nc1ccc2oc(-c3ccccc3)nc2c1. The molecule has 5 heteroatoms. The summed E-state index contributed by atoms with van der Waals surface area (Å²) in [6.45, 7) is 0. The lowest BCUT2D eigenvalue weighted by molar-refractivity contribution is -0.111. The van der Waals surface area contributed by atoms with Crippen molar-refractivity contribution in [3.8, 4) is 22.8 Å². The third kappa shape index (κ3) is 4.16. The second-order valence-electron chi connectivity index (χ2n) is 6.96. The van der Waals surface area contributed by atoms with Gasteiger partial charge < -0.3 is 14.2 Å².